The summed E-state index contributed by atoms with van der Waals surface area (Å²) in [4.78, 5) is 38.0. The number of likely N-dealkylation sites (N-methyl/N-ethyl adjacent to an activating group) is 1. The molecule has 32 heavy (non-hydrogen) atoms. The molecule has 1 saturated heterocycles. The maximum atomic E-state index is 12.3. The van der Waals surface area contributed by atoms with Crippen molar-refractivity contribution in [2.75, 3.05) is 20.1 Å². The van der Waals surface area contributed by atoms with E-state index in [4.69, 9.17) is 9.84 Å². The number of amides is 1. The summed E-state index contributed by atoms with van der Waals surface area (Å²) >= 11 is 0. The van der Waals surface area contributed by atoms with E-state index in [0.717, 1.165) is 44.3 Å². The number of aliphatic carboxylic acids is 1. The second-order valence-corrected chi connectivity index (χ2v) is 9.12. The van der Waals surface area contributed by atoms with Gasteiger partial charge in [-0.3, -0.25) is 9.59 Å². The van der Waals surface area contributed by atoms with Crippen LogP contribution in [0.15, 0.2) is 24.3 Å². The molecule has 1 aromatic rings. The number of esters is 1. The highest BCUT2D eigenvalue weighted by atomic mass is 16.5. The third-order valence-electron chi connectivity index (χ3n) is 6.27. The molecule has 8 nitrogen and oxygen atoms in total. The van der Waals surface area contributed by atoms with E-state index in [-0.39, 0.29) is 11.3 Å². The topological polar surface area (TPSA) is 116 Å². The van der Waals surface area contributed by atoms with Gasteiger partial charge in [-0.2, -0.15) is 0 Å². The molecule has 3 N–H and O–H groups in total. The number of aliphatic hydroxyl groups excluding tert-OH is 1. The van der Waals surface area contributed by atoms with Gasteiger partial charge in [0.15, 0.2) is 0 Å². The minimum absolute atomic E-state index is 0.0181. The number of aliphatic hydroxyl groups is 1. The number of carboxylic acid groups (broad SMARTS) is 1. The average molecular weight is 449 g/mol. The molecule has 1 aliphatic heterocycles. The zero-order valence-electron chi connectivity index (χ0n) is 19.5. The molecule has 0 bridgehead atoms. The molecular weight excluding hydrogens is 412 g/mol. The normalized spacial score (nSPS) is 21.4. The van der Waals surface area contributed by atoms with Crippen molar-refractivity contribution < 1.29 is 29.3 Å². The quantitative estimate of drug-likeness (QED) is 0.392. The summed E-state index contributed by atoms with van der Waals surface area (Å²) in [6.45, 7) is 7.45. The molecule has 0 aliphatic carbocycles. The summed E-state index contributed by atoms with van der Waals surface area (Å²) in [5.41, 5.74) is 1.09. The standard InChI is InChI=1S/C24H36N2O6/c1-5-24(11-6-7-12-26(4)15-24)17-9-8-10-18(13-17)32-20(28)14-19(27)22(29)25-21(16(2)3)23(30)31/h8-10,13,16,19,21,27H,5-7,11-12,14-15H2,1-4H3,(H,25,29)(H,30,31)/t19-,21?,24?/m0/s1. The molecule has 0 radical (unpaired) electrons. The summed E-state index contributed by atoms with van der Waals surface area (Å²) < 4.78 is 5.41. The Morgan fingerprint density at radius 1 is 1.25 bits per heavy atom. The summed E-state index contributed by atoms with van der Waals surface area (Å²) in [6.07, 6.45) is 2.06. The fraction of sp³-hybridized carbons (Fsp3) is 0.625. The van der Waals surface area contributed by atoms with Crippen molar-refractivity contribution in [1.29, 1.82) is 0 Å². The third-order valence-corrected chi connectivity index (χ3v) is 6.27. The number of hydrogen-bond donors (Lipinski definition) is 3. The Hall–Kier alpha value is -2.45. The van der Waals surface area contributed by atoms with Crippen LogP contribution in [0.5, 0.6) is 5.75 Å². The summed E-state index contributed by atoms with van der Waals surface area (Å²) in [6, 6.07) is 6.31. The van der Waals surface area contributed by atoms with Crippen molar-refractivity contribution in [2.45, 2.75) is 70.4 Å². The number of carbonyl (C=O) groups excluding carboxylic acids is 2. The van der Waals surface area contributed by atoms with Crippen molar-refractivity contribution in [3.8, 4) is 5.75 Å². The lowest BCUT2D eigenvalue weighted by Crippen LogP contribution is -2.48. The number of carbonyl (C=O) groups is 3. The first-order valence-corrected chi connectivity index (χ1v) is 11.3. The Morgan fingerprint density at radius 3 is 2.59 bits per heavy atom. The minimum Gasteiger partial charge on any atom is -0.480 e. The van der Waals surface area contributed by atoms with E-state index in [1.807, 2.05) is 12.1 Å². The molecule has 1 aliphatic rings. The lowest BCUT2D eigenvalue weighted by Gasteiger charge is -2.35. The molecule has 178 valence electrons. The van der Waals surface area contributed by atoms with E-state index in [2.05, 4.69) is 30.3 Å². The van der Waals surface area contributed by atoms with Gasteiger partial charge >= 0.3 is 11.9 Å². The van der Waals surface area contributed by atoms with Crippen LogP contribution in [0.25, 0.3) is 0 Å². The van der Waals surface area contributed by atoms with E-state index < -0.39 is 36.4 Å². The average Bonchev–Trinajstić information content (AvgIpc) is 2.93. The smallest absolute Gasteiger partial charge is 0.326 e. The first-order chi connectivity index (χ1) is 15.1. The highest BCUT2D eigenvalue weighted by molar-refractivity contribution is 5.89. The monoisotopic (exact) mass is 448 g/mol. The van der Waals surface area contributed by atoms with Crippen LogP contribution in [0.2, 0.25) is 0 Å². The predicted molar refractivity (Wildman–Crippen MR) is 120 cm³/mol. The van der Waals surface area contributed by atoms with Crippen LogP contribution in [-0.4, -0.2) is 65.2 Å². The van der Waals surface area contributed by atoms with Gasteiger partial charge in [0.2, 0.25) is 5.91 Å². The van der Waals surface area contributed by atoms with Crippen LogP contribution in [0.3, 0.4) is 0 Å². The van der Waals surface area contributed by atoms with Crippen molar-refractivity contribution in [3.63, 3.8) is 0 Å². The third kappa shape index (κ3) is 6.77. The molecule has 2 unspecified atom stereocenters. The number of likely N-dealkylation sites (tertiary alicyclic amines) is 1. The van der Waals surface area contributed by atoms with Crippen LogP contribution in [-0.2, 0) is 19.8 Å². The van der Waals surface area contributed by atoms with E-state index in [9.17, 15) is 19.5 Å². The van der Waals surface area contributed by atoms with Gasteiger partial charge in [0.1, 0.15) is 17.9 Å². The lowest BCUT2D eigenvalue weighted by molar-refractivity contribution is -0.146. The zero-order chi connectivity index (χ0) is 23.9. The van der Waals surface area contributed by atoms with E-state index in [1.54, 1.807) is 19.9 Å². The van der Waals surface area contributed by atoms with Gasteiger partial charge < -0.3 is 25.2 Å². The Kier molecular flexibility index (Phi) is 9.21. The van der Waals surface area contributed by atoms with Crippen molar-refractivity contribution in [3.05, 3.63) is 29.8 Å². The molecule has 0 spiro atoms. The molecule has 2 rings (SSSR count). The molecule has 0 saturated carbocycles. The number of ether oxygens (including phenoxy) is 1. The highest BCUT2D eigenvalue weighted by Gasteiger charge is 2.33. The molecule has 0 aromatic heterocycles. The number of nitrogens with one attached hydrogen (secondary N) is 1. The van der Waals surface area contributed by atoms with Gasteiger partial charge in [-0.15, -0.1) is 0 Å². The zero-order valence-corrected chi connectivity index (χ0v) is 19.5. The summed E-state index contributed by atoms with van der Waals surface area (Å²) in [7, 11) is 2.13. The number of nitrogens with zero attached hydrogens (tertiary/aromatic N) is 1. The highest BCUT2D eigenvalue weighted by Crippen LogP contribution is 2.37. The first-order valence-electron chi connectivity index (χ1n) is 11.3. The van der Waals surface area contributed by atoms with Gasteiger partial charge in [0.25, 0.3) is 0 Å². The van der Waals surface area contributed by atoms with Crippen LogP contribution >= 0.6 is 0 Å². The first kappa shape index (κ1) is 25.8. The molecule has 1 heterocycles. The molecule has 1 aromatic carbocycles. The summed E-state index contributed by atoms with van der Waals surface area (Å²) in [5, 5.41) is 21.5. The number of rotatable bonds is 9. The SMILES string of the molecule is CCC1(c2cccc(OC(=O)C[C@H](O)C(=O)NC(C(=O)O)C(C)C)c2)CCCCN(C)C1. The Labute approximate surface area is 189 Å². The maximum Gasteiger partial charge on any atom is 0.326 e. The minimum atomic E-state index is -1.69. The fourth-order valence-corrected chi connectivity index (χ4v) is 4.32. The second kappa shape index (κ2) is 11.4. The summed E-state index contributed by atoms with van der Waals surface area (Å²) in [5.74, 6) is -2.88. The van der Waals surface area contributed by atoms with Crippen LogP contribution in [0, 0.1) is 5.92 Å². The molecular formula is C24H36N2O6. The Bertz CT molecular complexity index is 811. The lowest BCUT2D eigenvalue weighted by atomic mass is 9.74. The molecule has 1 fully saturated rings. The van der Waals surface area contributed by atoms with Gasteiger partial charge in [0, 0.05) is 12.0 Å². The number of carboxylic acids is 1. The largest absolute Gasteiger partial charge is 0.480 e. The van der Waals surface area contributed by atoms with Crippen molar-refractivity contribution in [1.82, 2.24) is 10.2 Å². The van der Waals surface area contributed by atoms with Gasteiger partial charge in [-0.1, -0.05) is 39.3 Å². The maximum absolute atomic E-state index is 12.3. The second-order valence-electron chi connectivity index (χ2n) is 9.12. The Morgan fingerprint density at radius 2 is 1.97 bits per heavy atom. The van der Waals surface area contributed by atoms with E-state index in [0.29, 0.717) is 5.75 Å². The van der Waals surface area contributed by atoms with Gasteiger partial charge in [-0.25, -0.2) is 4.79 Å². The molecule has 8 heteroatoms. The molecule has 1 amide bonds. The van der Waals surface area contributed by atoms with E-state index >= 15 is 0 Å². The van der Waals surface area contributed by atoms with Gasteiger partial charge in [-0.05, 0) is 56.5 Å². The van der Waals surface area contributed by atoms with Crippen LogP contribution < -0.4 is 10.1 Å². The van der Waals surface area contributed by atoms with Crippen molar-refractivity contribution >= 4 is 17.8 Å². The Balaban J connectivity index is 2.04. The van der Waals surface area contributed by atoms with E-state index in [1.165, 1.54) is 0 Å². The molecule has 3 atom stereocenters. The van der Waals surface area contributed by atoms with Crippen LogP contribution in [0.4, 0.5) is 0 Å². The fourth-order valence-electron chi connectivity index (χ4n) is 4.32. The van der Waals surface area contributed by atoms with Crippen molar-refractivity contribution in [2.24, 2.45) is 5.92 Å². The van der Waals surface area contributed by atoms with Gasteiger partial charge in [0.05, 0.1) is 6.42 Å². The van der Waals surface area contributed by atoms with Crippen LogP contribution in [0.1, 0.15) is 58.4 Å². The number of benzene rings is 1. The number of hydrogen-bond acceptors (Lipinski definition) is 6. The predicted octanol–water partition coefficient (Wildman–Crippen LogP) is 2.33.